The van der Waals surface area contributed by atoms with Crippen LogP contribution in [0.5, 0.6) is 11.5 Å². The normalized spacial score (nSPS) is 17.6. The molecule has 214 valence electrons. The summed E-state index contributed by atoms with van der Waals surface area (Å²) in [7, 11) is 0. The molecule has 2 aliphatic heterocycles. The lowest BCUT2D eigenvalue weighted by Gasteiger charge is -2.32. The molecule has 2 unspecified atom stereocenters. The molecule has 4 aromatic carbocycles. The van der Waals surface area contributed by atoms with Crippen LogP contribution in [-0.4, -0.2) is 47.4 Å². The summed E-state index contributed by atoms with van der Waals surface area (Å²) in [6.07, 6.45) is -0.482. The van der Waals surface area contributed by atoms with E-state index >= 15 is 0 Å². The van der Waals surface area contributed by atoms with Gasteiger partial charge in [0.2, 0.25) is 0 Å². The van der Waals surface area contributed by atoms with E-state index in [1.54, 1.807) is 0 Å². The molecule has 0 aromatic heterocycles. The van der Waals surface area contributed by atoms with Crippen LogP contribution in [0.4, 0.5) is 15.3 Å². The van der Waals surface area contributed by atoms with Gasteiger partial charge in [0.1, 0.15) is 24.7 Å². The molecule has 8 nitrogen and oxygen atoms in total. The number of nitrogens with zero attached hydrogens (tertiary/aromatic N) is 3. The van der Waals surface area contributed by atoms with Crippen LogP contribution in [0.25, 0.3) is 0 Å². The summed E-state index contributed by atoms with van der Waals surface area (Å²) in [6, 6.07) is 34.3. The van der Waals surface area contributed by atoms with E-state index in [0.717, 1.165) is 28.3 Å². The molecule has 0 aliphatic carbocycles. The monoisotopic (exact) mass is 563 g/mol. The fraction of sp³-hybridized carbons (Fsp3) is 0.235. The highest BCUT2D eigenvalue weighted by atomic mass is 16.6. The minimum absolute atomic E-state index is 0.118. The topological polar surface area (TPSA) is 71.6 Å². The van der Waals surface area contributed by atoms with Gasteiger partial charge >= 0.3 is 12.2 Å². The van der Waals surface area contributed by atoms with Crippen molar-refractivity contribution in [2.24, 2.45) is 0 Å². The van der Waals surface area contributed by atoms with Gasteiger partial charge in [-0.2, -0.15) is 0 Å². The predicted molar refractivity (Wildman–Crippen MR) is 159 cm³/mol. The second-order valence-corrected chi connectivity index (χ2v) is 10.6. The number of piperidine rings is 1. The highest BCUT2D eigenvalue weighted by molar-refractivity contribution is 5.76. The maximum atomic E-state index is 13.5. The molecule has 2 atom stereocenters. The Kier molecular flexibility index (Phi) is 7.94. The Labute approximate surface area is 245 Å². The maximum Gasteiger partial charge on any atom is 0.429 e. The summed E-state index contributed by atoms with van der Waals surface area (Å²) in [5.74, 6) is 1.51. The zero-order chi connectivity index (χ0) is 28.9. The van der Waals surface area contributed by atoms with Crippen molar-refractivity contribution in [1.82, 2.24) is 10.0 Å². The summed E-state index contributed by atoms with van der Waals surface area (Å²) in [6.45, 7) is 3.38. The number of hydrazine groups is 1. The van der Waals surface area contributed by atoms with Gasteiger partial charge < -0.3 is 19.1 Å². The van der Waals surface area contributed by atoms with Gasteiger partial charge in [-0.1, -0.05) is 78.4 Å². The number of carbonyl (C=O) groups is 2. The minimum atomic E-state index is -0.563. The first kappa shape index (κ1) is 27.2. The zero-order valence-corrected chi connectivity index (χ0v) is 23.5. The van der Waals surface area contributed by atoms with Crippen LogP contribution < -0.4 is 9.64 Å². The number of anilines is 1. The molecule has 42 heavy (non-hydrogen) atoms. The van der Waals surface area contributed by atoms with Gasteiger partial charge in [0.25, 0.3) is 0 Å². The van der Waals surface area contributed by atoms with E-state index < -0.39 is 12.2 Å². The largest absolute Gasteiger partial charge is 0.457 e. The van der Waals surface area contributed by atoms with Crippen LogP contribution in [0, 0.1) is 6.92 Å². The molecule has 2 bridgehead atoms. The zero-order valence-electron chi connectivity index (χ0n) is 23.5. The van der Waals surface area contributed by atoms with Crippen LogP contribution in [0.2, 0.25) is 0 Å². The number of benzene rings is 4. The second kappa shape index (κ2) is 12.3. The van der Waals surface area contributed by atoms with Crippen molar-refractivity contribution in [3.05, 3.63) is 126 Å². The summed E-state index contributed by atoms with van der Waals surface area (Å²) in [4.78, 5) is 29.1. The molecule has 0 N–H and O–H groups in total. The molecule has 0 spiro atoms. The number of hydrogen-bond acceptors (Lipinski definition) is 6. The van der Waals surface area contributed by atoms with E-state index in [4.69, 9.17) is 14.2 Å². The lowest BCUT2D eigenvalue weighted by atomic mass is 10.0. The van der Waals surface area contributed by atoms with Crippen molar-refractivity contribution in [2.45, 2.75) is 38.6 Å². The van der Waals surface area contributed by atoms with Gasteiger partial charge in [-0.15, -0.1) is 0 Å². The Morgan fingerprint density at radius 3 is 1.57 bits per heavy atom. The summed E-state index contributed by atoms with van der Waals surface area (Å²) >= 11 is 0. The first-order valence-corrected chi connectivity index (χ1v) is 14.1. The van der Waals surface area contributed by atoms with Gasteiger partial charge in [0.15, 0.2) is 0 Å². The smallest absolute Gasteiger partial charge is 0.429 e. The number of carbonyl (C=O) groups excluding carboxylic acids is 2. The molecule has 4 aromatic rings. The fourth-order valence-electron chi connectivity index (χ4n) is 5.48. The Morgan fingerprint density at radius 1 is 0.643 bits per heavy atom. The average molecular weight is 564 g/mol. The Bertz CT molecular complexity index is 1430. The van der Waals surface area contributed by atoms with Gasteiger partial charge in [0, 0.05) is 18.8 Å². The molecule has 0 saturated carbocycles. The van der Waals surface area contributed by atoms with E-state index in [0.29, 0.717) is 19.5 Å². The number of ether oxygens (including phenoxy) is 3. The lowest BCUT2D eigenvalue weighted by Crippen LogP contribution is -2.50. The third kappa shape index (κ3) is 6.17. The first-order chi connectivity index (χ1) is 20.5. The summed E-state index contributed by atoms with van der Waals surface area (Å²) < 4.78 is 17.4. The summed E-state index contributed by atoms with van der Waals surface area (Å²) in [5, 5.41) is 2.91. The van der Waals surface area contributed by atoms with Crippen LogP contribution in [0.15, 0.2) is 109 Å². The Morgan fingerprint density at radius 2 is 1.10 bits per heavy atom. The lowest BCUT2D eigenvalue weighted by molar-refractivity contribution is -0.0199. The van der Waals surface area contributed by atoms with Crippen molar-refractivity contribution in [3.63, 3.8) is 0 Å². The van der Waals surface area contributed by atoms with Crippen LogP contribution in [0.3, 0.4) is 0 Å². The van der Waals surface area contributed by atoms with E-state index in [-0.39, 0.29) is 25.3 Å². The SMILES string of the molecule is Cc1ccc(Oc2ccc(N3CC4CC(C3)N(C(=O)OCc3ccccc3)N4C(=O)OCc3ccccc3)cc2)cc1. The quantitative estimate of drug-likeness (QED) is 0.243. The molecule has 2 amide bonds. The van der Waals surface area contributed by atoms with Crippen LogP contribution >= 0.6 is 0 Å². The number of fused-ring (bicyclic) bond motifs is 2. The molecule has 2 fully saturated rings. The number of aryl methyl sites for hydroxylation is 1. The number of rotatable bonds is 7. The molecular formula is C34H33N3O5. The minimum Gasteiger partial charge on any atom is -0.457 e. The second-order valence-electron chi connectivity index (χ2n) is 10.6. The molecule has 2 saturated heterocycles. The third-order valence-electron chi connectivity index (χ3n) is 7.57. The van der Waals surface area contributed by atoms with Gasteiger partial charge in [-0.3, -0.25) is 0 Å². The average Bonchev–Trinajstić information content (AvgIpc) is 3.30. The fourth-order valence-corrected chi connectivity index (χ4v) is 5.48. The molecule has 8 heteroatoms. The van der Waals surface area contributed by atoms with E-state index in [1.807, 2.05) is 116 Å². The maximum absolute atomic E-state index is 13.5. The van der Waals surface area contributed by atoms with Crippen molar-refractivity contribution in [3.8, 4) is 11.5 Å². The van der Waals surface area contributed by atoms with Crippen molar-refractivity contribution < 1.29 is 23.8 Å². The molecule has 2 heterocycles. The van der Waals surface area contributed by atoms with Crippen LogP contribution in [0.1, 0.15) is 23.1 Å². The molecular weight excluding hydrogens is 530 g/mol. The molecule has 0 radical (unpaired) electrons. The van der Waals surface area contributed by atoms with Crippen molar-refractivity contribution in [2.75, 3.05) is 18.0 Å². The number of hydrogen-bond donors (Lipinski definition) is 0. The highest BCUT2D eigenvalue weighted by Crippen LogP contribution is 2.35. The molecule has 2 aliphatic rings. The van der Waals surface area contributed by atoms with Gasteiger partial charge in [0.05, 0.1) is 12.1 Å². The van der Waals surface area contributed by atoms with E-state index in [9.17, 15) is 9.59 Å². The Hall–Kier alpha value is -4.98. The summed E-state index contributed by atoms with van der Waals surface area (Å²) in [5.41, 5.74) is 3.91. The van der Waals surface area contributed by atoms with Gasteiger partial charge in [-0.25, -0.2) is 19.6 Å². The standard InChI is InChI=1S/C34H33N3O5/c1-25-12-16-31(17-13-25)42-32-18-14-28(15-19-32)35-21-29-20-30(22-35)37(34(39)41-24-27-10-6-3-7-11-27)36(29)33(38)40-23-26-8-4-2-5-9-26/h2-19,29-30H,20-24H2,1H3. The first-order valence-electron chi connectivity index (χ1n) is 14.1. The van der Waals surface area contributed by atoms with Gasteiger partial charge in [-0.05, 0) is 60.9 Å². The number of amides is 2. The van der Waals surface area contributed by atoms with E-state index in [2.05, 4.69) is 4.90 Å². The van der Waals surface area contributed by atoms with Crippen molar-refractivity contribution >= 4 is 17.9 Å². The van der Waals surface area contributed by atoms with E-state index in [1.165, 1.54) is 15.6 Å². The third-order valence-corrected chi connectivity index (χ3v) is 7.57. The van der Waals surface area contributed by atoms with Crippen molar-refractivity contribution in [1.29, 1.82) is 0 Å². The highest BCUT2D eigenvalue weighted by Gasteiger charge is 2.50. The molecule has 6 rings (SSSR count). The van der Waals surface area contributed by atoms with Crippen LogP contribution in [-0.2, 0) is 22.7 Å². The predicted octanol–water partition coefficient (Wildman–Crippen LogP) is 6.94. The Balaban J connectivity index is 1.17.